The molecule has 16 heavy (non-hydrogen) atoms. The Morgan fingerprint density at radius 2 is 2.31 bits per heavy atom. The SMILES string of the molecule is CCC(Br)c1cn(CC2CCOCC2)nn1. The summed E-state index contributed by atoms with van der Waals surface area (Å²) in [7, 11) is 0. The third-order valence-corrected chi connectivity index (χ3v) is 4.14. The maximum absolute atomic E-state index is 5.35. The largest absolute Gasteiger partial charge is 0.381 e. The van der Waals surface area contributed by atoms with Crippen LogP contribution in [0, 0.1) is 5.92 Å². The van der Waals surface area contributed by atoms with Crippen LogP contribution < -0.4 is 0 Å². The van der Waals surface area contributed by atoms with Crippen LogP contribution >= 0.6 is 15.9 Å². The first-order valence-corrected chi connectivity index (χ1v) is 6.83. The summed E-state index contributed by atoms with van der Waals surface area (Å²) in [6, 6.07) is 0. The molecule has 2 heterocycles. The Labute approximate surface area is 104 Å². The van der Waals surface area contributed by atoms with Gasteiger partial charge < -0.3 is 4.74 Å². The summed E-state index contributed by atoms with van der Waals surface area (Å²) in [4.78, 5) is 0.330. The van der Waals surface area contributed by atoms with E-state index in [4.69, 9.17) is 4.74 Å². The molecule has 0 aromatic carbocycles. The smallest absolute Gasteiger partial charge is 0.0963 e. The molecule has 1 aliphatic rings. The number of hydrogen-bond acceptors (Lipinski definition) is 3. The number of aromatic nitrogens is 3. The van der Waals surface area contributed by atoms with E-state index in [1.807, 2.05) is 4.68 Å². The molecule has 1 aliphatic heterocycles. The molecular weight excluding hydrogens is 270 g/mol. The molecule has 0 radical (unpaired) electrons. The molecule has 1 aromatic heterocycles. The number of hydrogen-bond donors (Lipinski definition) is 0. The third-order valence-electron chi connectivity index (χ3n) is 3.02. The Balaban J connectivity index is 1.91. The van der Waals surface area contributed by atoms with Gasteiger partial charge in [0, 0.05) is 26.0 Å². The molecule has 4 nitrogen and oxygen atoms in total. The molecule has 1 fully saturated rings. The first kappa shape index (κ1) is 12.0. The van der Waals surface area contributed by atoms with Crippen LogP contribution in [0.3, 0.4) is 0 Å². The van der Waals surface area contributed by atoms with E-state index in [2.05, 4.69) is 39.4 Å². The van der Waals surface area contributed by atoms with Gasteiger partial charge in [0.1, 0.15) is 0 Å². The number of nitrogens with zero attached hydrogens (tertiary/aromatic N) is 3. The summed E-state index contributed by atoms with van der Waals surface area (Å²) in [6.07, 6.45) is 5.37. The highest BCUT2D eigenvalue weighted by atomic mass is 79.9. The Hall–Kier alpha value is -0.420. The maximum Gasteiger partial charge on any atom is 0.0963 e. The van der Waals surface area contributed by atoms with Gasteiger partial charge in [-0.3, -0.25) is 4.68 Å². The van der Waals surface area contributed by atoms with Crippen molar-refractivity contribution in [1.82, 2.24) is 15.0 Å². The lowest BCUT2D eigenvalue weighted by atomic mass is 10.0. The van der Waals surface area contributed by atoms with Crippen molar-refractivity contribution in [2.75, 3.05) is 13.2 Å². The highest BCUT2D eigenvalue weighted by molar-refractivity contribution is 9.09. The van der Waals surface area contributed by atoms with Crippen LogP contribution in [0.1, 0.15) is 36.7 Å². The summed E-state index contributed by atoms with van der Waals surface area (Å²) >= 11 is 3.59. The van der Waals surface area contributed by atoms with Gasteiger partial charge in [-0.15, -0.1) is 5.10 Å². The first-order chi connectivity index (χ1) is 7.79. The van der Waals surface area contributed by atoms with Crippen molar-refractivity contribution in [3.8, 4) is 0 Å². The zero-order valence-corrected chi connectivity index (χ0v) is 11.2. The Morgan fingerprint density at radius 3 is 3.00 bits per heavy atom. The number of ether oxygens (including phenoxy) is 1. The molecule has 1 aromatic rings. The first-order valence-electron chi connectivity index (χ1n) is 5.91. The van der Waals surface area contributed by atoms with Crippen molar-refractivity contribution in [3.63, 3.8) is 0 Å². The molecule has 0 aliphatic carbocycles. The summed E-state index contributed by atoms with van der Waals surface area (Å²) in [6.45, 7) is 4.89. The summed E-state index contributed by atoms with van der Waals surface area (Å²) in [5.74, 6) is 0.693. The number of rotatable bonds is 4. The average molecular weight is 288 g/mol. The quantitative estimate of drug-likeness (QED) is 0.799. The minimum absolute atomic E-state index is 0.330. The van der Waals surface area contributed by atoms with Gasteiger partial charge in [0.25, 0.3) is 0 Å². The van der Waals surface area contributed by atoms with E-state index in [0.717, 1.165) is 44.7 Å². The fraction of sp³-hybridized carbons (Fsp3) is 0.818. The predicted molar refractivity (Wildman–Crippen MR) is 65.5 cm³/mol. The van der Waals surface area contributed by atoms with Crippen LogP contribution in [-0.4, -0.2) is 28.2 Å². The van der Waals surface area contributed by atoms with Gasteiger partial charge in [-0.05, 0) is 25.2 Å². The van der Waals surface area contributed by atoms with Crippen molar-refractivity contribution < 1.29 is 4.74 Å². The standard InChI is InChI=1S/C11H18BrN3O/c1-2-10(12)11-8-15(14-13-11)7-9-3-5-16-6-4-9/h8-10H,2-7H2,1H3. The van der Waals surface area contributed by atoms with Crippen LogP contribution in [0.15, 0.2) is 6.20 Å². The number of alkyl halides is 1. The fourth-order valence-corrected chi connectivity index (χ4v) is 2.16. The molecule has 1 unspecified atom stereocenters. The van der Waals surface area contributed by atoms with Crippen molar-refractivity contribution in [1.29, 1.82) is 0 Å². The van der Waals surface area contributed by atoms with Crippen molar-refractivity contribution >= 4 is 15.9 Å². The van der Waals surface area contributed by atoms with Crippen LogP contribution in [0.2, 0.25) is 0 Å². The molecule has 0 saturated carbocycles. The lowest BCUT2D eigenvalue weighted by Gasteiger charge is -2.21. The van der Waals surface area contributed by atoms with Gasteiger partial charge in [0.15, 0.2) is 0 Å². The summed E-state index contributed by atoms with van der Waals surface area (Å²) in [5.41, 5.74) is 1.04. The van der Waals surface area contributed by atoms with Crippen LogP contribution in [0.5, 0.6) is 0 Å². The minimum Gasteiger partial charge on any atom is -0.381 e. The third kappa shape index (κ3) is 3.04. The molecule has 0 spiro atoms. The summed E-state index contributed by atoms with van der Waals surface area (Å²) in [5, 5.41) is 8.36. The lowest BCUT2D eigenvalue weighted by molar-refractivity contribution is 0.0600. The van der Waals surface area contributed by atoms with E-state index in [-0.39, 0.29) is 0 Å². The van der Waals surface area contributed by atoms with E-state index >= 15 is 0 Å². The summed E-state index contributed by atoms with van der Waals surface area (Å²) < 4.78 is 7.31. The molecular formula is C11H18BrN3O. The van der Waals surface area contributed by atoms with Crippen LogP contribution in [0.4, 0.5) is 0 Å². The molecule has 2 rings (SSSR count). The minimum atomic E-state index is 0.330. The molecule has 0 amide bonds. The normalized spacial score (nSPS) is 19.9. The van der Waals surface area contributed by atoms with Gasteiger partial charge >= 0.3 is 0 Å². The van der Waals surface area contributed by atoms with Crippen LogP contribution in [0.25, 0.3) is 0 Å². The predicted octanol–water partition coefficient (Wildman–Crippen LogP) is 2.55. The van der Waals surface area contributed by atoms with Gasteiger partial charge in [-0.25, -0.2) is 0 Å². The van der Waals surface area contributed by atoms with E-state index in [9.17, 15) is 0 Å². The Bertz CT molecular complexity index is 323. The average Bonchev–Trinajstić information content (AvgIpc) is 2.78. The zero-order chi connectivity index (χ0) is 11.4. The molecule has 0 N–H and O–H groups in total. The fourth-order valence-electron chi connectivity index (χ4n) is 1.95. The molecule has 5 heteroatoms. The molecule has 1 saturated heterocycles. The second-order valence-corrected chi connectivity index (χ2v) is 5.40. The van der Waals surface area contributed by atoms with Crippen molar-refractivity contribution in [3.05, 3.63) is 11.9 Å². The van der Waals surface area contributed by atoms with Crippen molar-refractivity contribution in [2.24, 2.45) is 5.92 Å². The Kier molecular flexibility index (Phi) is 4.35. The van der Waals surface area contributed by atoms with Gasteiger partial charge in [0.05, 0.1) is 10.5 Å². The van der Waals surface area contributed by atoms with E-state index < -0.39 is 0 Å². The second-order valence-electron chi connectivity index (χ2n) is 4.30. The number of halogens is 1. The molecule has 0 bridgehead atoms. The van der Waals surface area contributed by atoms with Gasteiger partial charge in [0.2, 0.25) is 0 Å². The van der Waals surface area contributed by atoms with E-state index in [1.54, 1.807) is 0 Å². The highest BCUT2D eigenvalue weighted by Gasteiger charge is 2.16. The monoisotopic (exact) mass is 287 g/mol. The van der Waals surface area contributed by atoms with E-state index in [1.165, 1.54) is 0 Å². The second kappa shape index (κ2) is 5.77. The lowest BCUT2D eigenvalue weighted by Crippen LogP contribution is -2.20. The zero-order valence-electron chi connectivity index (χ0n) is 9.60. The molecule has 90 valence electrons. The highest BCUT2D eigenvalue weighted by Crippen LogP contribution is 2.24. The van der Waals surface area contributed by atoms with E-state index in [0.29, 0.717) is 10.7 Å². The van der Waals surface area contributed by atoms with Crippen LogP contribution in [-0.2, 0) is 11.3 Å². The Morgan fingerprint density at radius 1 is 1.56 bits per heavy atom. The van der Waals surface area contributed by atoms with Crippen molar-refractivity contribution in [2.45, 2.75) is 37.6 Å². The van der Waals surface area contributed by atoms with Gasteiger partial charge in [-0.1, -0.05) is 28.1 Å². The maximum atomic E-state index is 5.35. The van der Waals surface area contributed by atoms with Gasteiger partial charge in [-0.2, -0.15) is 0 Å². The topological polar surface area (TPSA) is 39.9 Å². The molecule has 1 atom stereocenters.